The van der Waals surface area contributed by atoms with Crippen molar-refractivity contribution >= 4 is 118 Å². The molecule has 2 atom stereocenters. The molecule has 1 fully saturated rings. The maximum Gasteiger partial charge on any atom is 0.129 e. The molecule has 4 aliphatic carbocycles. The number of rotatable bonds is 0. The third kappa shape index (κ3) is 1.33. The number of hydrogen-bond acceptors (Lipinski definition) is 2. The summed E-state index contributed by atoms with van der Waals surface area (Å²) in [7, 11) is 0. The van der Waals surface area contributed by atoms with Gasteiger partial charge in [0.05, 0.1) is 6.61 Å². The Labute approximate surface area is 247 Å². The highest BCUT2D eigenvalue weighted by molar-refractivity contribution is 6.65. The monoisotopic (exact) mass is 554 g/mol. The molecular formula is C42H18O2. The molecule has 44 heavy (non-hydrogen) atoms. The predicted octanol–water partition coefficient (Wildman–Crippen LogP) is 9.93. The Kier molecular flexibility index (Phi) is 2.14. The Morgan fingerprint density at radius 1 is 0.455 bits per heavy atom. The molecule has 198 valence electrons. The van der Waals surface area contributed by atoms with Gasteiger partial charge in [0.2, 0.25) is 0 Å². The molecule has 0 N–H and O–H groups in total. The number of benzene rings is 9. The average molecular weight is 555 g/mol. The molecule has 2 nitrogen and oxygen atoms in total. The molecule has 12 aromatic rings. The SMILES string of the molecule is c1c2c3c4c5c6c(cc7cc8c9c%10c(cc%11cc%12c%13c(c1C%12)c3c1c4c3c6c7c9c3c3c%10c%11c%13c13)C8)CC51OCCCOC21. The van der Waals surface area contributed by atoms with E-state index >= 15 is 0 Å². The smallest absolute Gasteiger partial charge is 0.129 e. The molecule has 1 spiro atoms. The average Bonchev–Trinajstić information content (AvgIpc) is 3.82. The summed E-state index contributed by atoms with van der Waals surface area (Å²) in [5.41, 5.74) is 10.1. The minimum absolute atomic E-state index is 0.0622. The second-order valence-electron chi connectivity index (χ2n) is 15.5. The van der Waals surface area contributed by atoms with Gasteiger partial charge in [0.15, 0.2) is 0 Å². The van der Waals surface area contributed by atoms with E-state index < -0.39 is 5.60 Å². The van der Waals surface area contributed by atoms with Crippen LogP contribution in [0.25, 0.3) is 118 Å². The van der Waals surface area contributed by atoms with Crippen molar-refractivity contribution in [2.75, 3.05) is 13.2 Å². The first-order chi connectivity index (χ1) is 21.8. The van der Waals surface area contributed by atoms with Crippen molar-refractivity contribution in [1.29, 1.82) is 0 Å². The molecule has 0 amide bonds. The van der Waals surface area contributed by atoms with Crippen LogP contribution in [0.15, 0.2) is 30.3 Å². The summed E-state index contributed by atoms with van der Waals surface area (Å²) in [5, 5.41) is 34.2. The van der Waals surface area contributed by atoms with Crippen LogP contribution in [-0.2, 0) is 34.3 Å². The van der Waals surface area contributed by atoms with Crippen LogP contribution in [0.4, 0.5) is 0 Å². The molecule has 2 heteroatoms. The fourth-order valence-corrected chi connectivity index (χ4v) is 13.4. The quantitative estimate of drug-likeness (QED) is 0.174. The van der Waals surface area contributed by atoms with Crippen LogP contribution in [0.2, 0.25) is 0 Å². The highest BCUT2D eigenvalue weighted by atomic mass is 16.6. The zero-order valence-electron chi connectivity index (χ0n) is 23.5. The number of fused-ring (bicyclic) bond motifs is 1. The van der Waals surface area contributed by atoms with Crippen molar-refractivity contribution in [2.24, 2.45) is 0 Å². The molecule has 5 aliphatic rings. The summed E-state index contributed by atoms with van der Waals surface area (Å²) in [4.78, 5) is 0. The lowest BCUT2D eigenvalue weighted by Crippen LogP contribution is -2.38. The van der Waals surface area contributed by atoms with Crippen molar-refractivity contribution in [2.45, 2.75) is 37.4 Å². The van der Waals surface area contributed by atoms with Gasteiger partial charge >= 0.3 is 0 Å². The molecule has 1 saturated heterocycles. The van der Waals surface area contributed by atoms with Crippen LogP contribution in [0.1, 0.15) is 51.5 Å². The van der Waals surface area contributed by atoms with Crippen molar-refractivity contribution in [3.8, 4) is 0 Å². The van der Waals surface area contributed by atoms with Gasteiger partial charge in [-0.1, -0.05) is 30.3 Å². The van der Waals surface area contributed by atoms with E-state index in [0.29, 0.717) is 0 Å². The lowest BCUT2D eigenvalue weighted by atomic mass is 9.76. The largest absolute Gasteiger partial charge is 0.370 e. The van der Waals surface area contributed by atoms with Crippen LogP contribution < -0.4 is 0 Å². The van der Waals surface area contributed by atoms with Gasteiger partial charge in [0.25, 0.3) is 0 Å². The van der Waals surface area contributed by atoms with Crippen LogP contribution in [0.3, 0.4) is 0 Å². The Morgan fingerprint density at radius 3 is 1.59 bits per heavy atom. The normalized spacial score (nSPS) is 24.0. The predicted molar refractivity (Wildman–Crippen MR) is 179 cm³/mol. The van der Waals surface area contributed by atoms with Crippen LogP contribution in [0.5, 0.6) is 0 Å². The van der Waals surface area contributed by atoms with Gasteiger partial charge in [-0.25, -0.2) is 0 Å². The summed E-state index contributed by atoms with van der Waals surface area (Å²) in [5.74, 6) is 0. The van der Waals surface area contributed by atoms with Crippen molar-refractivity contribution < 1.29 is 9.47 Å². The van der Waals surface area contributed by atoms with E-state index in [1.165, 1.54) is 54.6 Å². The molecular weight excluding hydrogens is 536 g/mol. The Hall–Kier alpha value is -4.50. The summed E-state index contributed by atoms with van der Waals surface area (Å²) in [6.07, 6.45) is 3.90. The van der Waals surface area contributed by atoms with E-state index in [2.05, 4.69) is 30.3 Å². The molecule has 0 saturated carbocycles. The molecule has 17 rings (SSSR count). The maximum atomic E-state index is 7.23. The van der Waals surface area contributed by atoms with Crippen molar-refractivity contribution in [3.05, 3.63) is 69.3 Å². The number of hydrogen-bond donors (Lipinski definition) is 0. The second-order valence-corrected chi connectivity index (χ2v) is 15.5. The second kappa shape index (κ2) is 4.96. The van der Waals surface area contributed by atoms with E-state index in [4.69, 9.17) is 9.47 Å². The van der Waals surface area contributed by atoms with E-state index in [-0.39, 0.29) is 6.10 Å². The molecule has 12 aromatic carbocycles. The highest BCUT2D eigenvalue weighted by Crippen LogP contribution is 2.71. The zero-order valence-corrected chi connectivity index (χ0v) is 23.5. The first-order valence-corrected chi connectivity index (χ1v) is 16.6. The van der Waals surface area contributed by atoms with Gasteiger partial charge in [-0.15, -0.1) is 0 Å². The highest BCUT2D eigenvalue weighted by Gasteiger charge is 2.56. The van der Waals surface area contributed by atoms with E-state index in [0.717, 1.165) is 38.9 Å². The van der Waals surface area contributed by atoms with Gasteiger partial charge in [-0.05, 0) is 171 Å². The van der Waals surface area contributed by atoms with E-state index in [1.54, 1.807) is 103 Å². The van der Waals surface area contributed by atoms with Gasteiger partial charge < -0.3 is 9.47 Å². The lowest BCUT2D eigenvalue weighted by Gasteiger charge is -2.40. The first kappa shape index (κ1) is 19.0. The molecule has 0 radical (unpaired) electrons. The third-order valence-corrected chi connectivity index (χ3v) is 14.1. The van der Waals surface area contributed by atoms with E-state index in [1.807, 2.05) is 0 Å². The molecule has 1 aliphatic heterocycles. The van der Waals surface area contributed by atoms with E-state index in [9.17, 15) is 0 Å². The maximum absolute atomic E-state index is 7.23. The van der Waals surface area contributed by atoms with Crippen molar-refractivity contribution in [3.63, 3.8) is 0 Å². The third-order valence-electron chi connectivity index (χ3n) is 14.1. The lowest BCUT2D eigenvalue weighted by molar-refractivity contribution is -0.123. The Balaban J connectivity index is 1.41. The summed E-state index contributed by atoms with van der Waals surface area (Å²) in [6, 6.07) is 12.9. The molecule has 0 aromatic heterocycles. The Morgan fingerprint density at radius 2 is 0.955 bits per heavy atom. The van der Waals surface area contributed by atoms with Gasteiger partial charge in [-0.2, -0.15) is 0 Å². The minimum Gasteiger partial charge on any atom is -0.370 e. The molecule has 2 unspecified atom stereocenters. The van der Waals surface area contributed by atoms with Gasteiger partial charge in [0.1, 0.15) is 11.7 Å². The summed E-state index contributed by atoms with van der Waals surface area (Å²) < 4.78 is 14.3. The van der Waals surface area contributed by atoms with Crippen LogP contribution in [-0.4, -0.2) is 13.2 Å². The molecule has 1 heterocycles. The summed E-state index contributed by atoms with van der Waals surface area (Å²) >= 11 is 0. The fraction of sp³-hybridized carbons (Fsp3) is 0.190. The van der Waals surface area contributed by atoms with Crippen LogP contribution in [0, 0.1) is 0 Å². The Bertz CT molecular complexity index is 3430. The minimum atomic E-state index is -0.444. The fourth-order valence-electron chi connectivity index (χ4n) is 13.4. The number of ether oxygens (including phenoxy) is 2. The topological polar surface area (TPSA) is 18.5 Å². The van der Waals surface area contributed by atoms with Crippen molar-refractivity contribution in [1.82, 2.24) is 0 Å². The van der Waals surface area contributed by atoms with Crippen LogP contribution >= 0.6 is 0 Å². The first-order valence-electron chi connectivity index (χ1n) is 16.6. The van der Waals surface area contributed by atoms with Gasteiger partial charge in [-0.3, -0.25) is 0 Å². The summed E-state index contributed by atoms with van der Waals surface area (Å²) in [6.45, 7) is 1.53. The standard InChI is InChI=1S/C42H18O2/c1-2-43-41-19-10-17-8-14-6-15-5-12-4-13-7-16-9-18-11-42(41,44-3-1)40-26(18)31-25(16)30-21(13)20(12)28-24(15)29-22(14)23(17)32-27(19)39(40)38-36(31)34(30)33(28)35(29)37(32)38/h5-7,9-10,41H,1-4,8,11H2. The zero-order chi connectivity index (χ0) is 27.0. The van der Waals surface area contributed by atoms with Gasteiger partial charge in [0, 0.05) is 18.6 Å². The molecule has 0 bridgehead atoms.